The van der Waals surface area contributed by atoms with Crippen molar-refractivity contribution in [1.82, 2.24) is 19.4 Å². The van der Waals surface area contributed by atoms with Gasteiger partial charge in [-0.1, -0.05) is 0 Å². The average Bonchev–Trinajstić information content (AvgIpc) is 3.52. The molecule has 0 unspecified atom stereocenters. The van der Waals surface area contributed by atoms with Gasteiger partial charge in [-0.05, 0) is 68.6 Å². The molecule has 148 valence electrons. The fraction of sp³-hybridized carbons (Fsp3) is 0.591. The maximum absolute atomic E-state index is 13.0. The molecule has 1 aliphatic carbocycles. The quantitative estimate of drug-likeness (QED) is 0.822. The van der Waals surface area contributed by atoms with E-state index in [-0.39, 0.29) is 5.91 Å². The molecule has 4 heterocycles. The number of likely N-dealkylation sites (tertiary alicyclic amines) is 2. The highest BCUT2D eigenvalue weighted by atomic mass is 16.2. The second-order valence-electron chi connectivity index (χ2n) is 8.57. The van der Waals surface area contributed by atoms with E-state index in [1.807, 2.05) is 15.6 Å². The fourth-order valence-corrected chi connectivity index (χ4v) is 4.70. The highest BCUT2D eigenvalue weighted by Gasteiger charge is 2.35. The summed E-state index contributed by atoms with van der Waals surface area (Å²) in [7, 11) is 0. The van der Waals surface area contributed by atoms with Crippen LogP contribution in [0.5, 0.6) is 0 Å². The first-order valence-corrected chi connectivity index (χ1v) is 10.8. The summed E-state index contributed by atoms with van der Waals surface area (Å²) in [5, 5.41) is 4.40. The monoisotopic (exact) mass is 380 g/mol. The molecule has 2 amide bonds. The van der Waals surface area contributed by atoms with E-state index < -0.39 is 0 Å². The van der Waals surface area contributed by atoms with Crippen molar-refractivity contribution in [3.63, 3.8) is 0 Å². The van der Waals surface area contributed by atoms with Crippen LogP contribution in [0.4, 0.5) is 0 Å². The Bertz CT molecular complexity index is 887. The number of carbonyl (C=O) groups excluding carboxylic acids is 2. The van der Waals surface area contributed by atoms with Crippen LogP contribution in [-0.4, -0.2) is 57.4 Å². The summed E-state index contributed by atoms with van der Waals surface area (Å²) in [4.78, 5) is 29.3. The molecule has 0 aromatic carbocycles. The third-order valence-electron chi connectivity index (χ3n) is 6.62. The summed E-state index contributed by atoms with van der Waals surface area (Å²) in [6.45, 7) is 3.40. The molecule has 0 bridgehead atoms. The number of piperidine rings is 2. The van der Waals surface area contributed by atoms with Crippen molar-refractivity contribution in [2.75, 3.05) is 26.2 Å². The maximum Gasteiger partial charge on any atom is 0.257 e. The molecule has 2 aromatic rings. The van der Waals surface area contributed by atoms with Gasteiger partial charge in [0.2, 0.25) is 5.91 Å². The number of hydrogen-bond acceptors (Lipinski definition) is 3. The van der Waals surface area contributed by atoms with Crippen molar-refractivity contribution >= 4 is 17.3 Å². The topological polar surface area (TPSA) is 57.9 Å². The van der Waals surface area contributed by atoms with Crippen LogP contribution in [0.3, 0.4) is 0 Å². The first-order chi connectivity index (χ1) is 13.7. The SMILES string of the molecule is O=C(c1cnn2ccc(C3CCN(C(=O)C4CC4)CC3)cc12)N1CCCCC1. The Labute approximate surface area is 165 Å². The predicted octanol–water partition coefficient (Wildman–Crippen LogP) is 3.08. The molecule has 3 fully saturated rings. The van der Waals surface area contributed by atoms with E-state index in [4.69, 9.17) is 0 Å². The molecule has 3 aliphatic rings. The minimum atomic E-state index is 0.108. The summed E-state index contributed by atoms with van der Waals surface area (Å²) < 4.78 is 1.81. The second-order valence-corrected chi connectivity index (χ2v) is 8.57. The Morgan fingerprint density at radius 2 is 1.68 bits per heavy atom. The lowest BCUT2D eigenvalue weighted by atomic mass is 9.89. The number of aromatic nitrogens is 2. The maximum atomic E-state index is 13.0. The van der Waals surface area contributed by atoms with Crippen LogP contribution >= 0.6 is 0 Å². The Kier molecular flexibility index (Phi) is 4.57. The highest BCUT2D eigenvalue weighted by Crippen LogP contribution is 2.34. The normalized spacial score (nSPS) is 21.3. The Morgan fingerprint density at radius 3 is 2.39 bits per heavy atom. The van der Waals surface area contributed by atoms with Crippen LogP contribution in [0.1, 0.15) is 66.8 Å². The zero-order valence-electron chi connectivity index (χ0n) is 16.3. The number of rotatable bonds is 3. The van der Waals surface area contributed by atoms with Crippen LogP contribution < -0.4 is 0 Å². The zero-order chi connectivity index (χ0) is 19.1. The lowest BCUT2D eigenvalue weighted by Gasteiger charge is -2.32. The van der Waals surface area contributed by atoms with Gasteiger partial charge in [-0.3, -0.25) is 9.59 Å². The Morgan fingerprint density at radius 1 is 0.929 bits per heavy atom. The molecule has 0 radical (unpaired) electrons. The van der Waals surface area contributed by atoms with Crippen LogP contribution in [0.2, 0.25) is 0 Å². The molecule has 0 atom stereocenters. The minimum Gasteiger partial charge on any atom is -0.342 e. The molecule has 28 heavy (non-hydrogen) atoms. The van der Waals surface area contributed by atoms with E-state index in [0.29, 0.717) is 23.3 Å². The molecule has 2 aliphatic heterocycles. The van der Waals surface area contributed by atoms with Crippen molar-refractivity contribution in [3.8, 4) is 0 Å². The van der Waals surface area contributed by atoms with Gasteiger partial charge in [0, 0.05) is 38.3 Å². The van der Waals surface area contributed by atoms with Crippen molar-refractivity contribution in [3.05, 3.63) is 35.7 Å². The molecule has 0 N–H and O–H groups in total. The van der Waals surface area contributed by atoms with Gasteiger partial charge < -0.3 is 9.80 Å². The van der Waals surface area contributed by atoms with E-state index in [1.165, 1.54) is 12.0 Å². The molecule has 5 rings (SSSR count). The van der Waals surface area contributed by atoms with E-state index in [9.17, 15) is 9.59 Å². The van der Waals surface area contributed by atoms with Crippen molar-refractivity contribution in [2.24, 2.45) is 5.92 Å². The molecular weight excluding hydrogens is 352 g/mol. The fourth-order valence-electron chi connectivity index (χ4n) is 4.70. The lowest BCUT2D eigenvalue weighted by Crippen LogP contribution is -2.38. The van der Waals surface area contributed by atoms with Gasteiger partial charge in [0.25, 0.3) is 5.91 Å². The predicted molar refractivity (Wildman–Crippen MR) is 106 cm³/mol. The molecule has 2 aromatic heterocycles. The first-order valence-electron chi connectivity index (χ1n) is 10.8. The number of nitrogens with zero attached hydrogens (tertiary/aromatic N) is 4. The van der Waals surface area contributed by atoms with Gasteiger partial charge in [-0.2, -0.15) is 5.10 Å². The van der Waals surface area contributed by atoms with Crippen molar-refractivity contribution < 1.29 is 9.59 Å². The van der Waals surface area contributed by atoms with Gasteiger partial charge >= 0.3 is 0 Å². The number of carbonyl (C=O) groups is 2. The third kappa shape index (κ3) is 3.29. The summed E-state index contributed by atoms with van der Waals surface area (Å²) in [5.74, 6) is 1.22. The summed E-state index contributed by atoms with van der Waals surface area (Å²) in [6, 6.07) is 4.27. The van der Waals surface area contributed by atoms with Gasteiger partial charge in [-0.25, -0.2) is 4.52 Å². The van der Waals surface area contributed by atoms with Gasteiger partial charge in [0.05, 0.1) is 17.3 Å². The zero-order valence-corrected chi connectivity index (χ0v) is 16.3. The van der Waals surface area contributed by atoms with Crippen molar-refractivity contribution in [1.29, 1.82) is 0 Å². The Hall–Kier alpha value is -2.37. The summed E-state index contributed by atoms with van der Waals surface area (Å²) >= 11 is 0. The van der Waals surface area contributed by atoms with Gasteiger partial charge in [0.15, 0.2) is 0 Å². The lowest BCUT2D eigenvalue weighted by molar-refractivity contribution is -0.133. The first kappa shape index (κ1) is 17.7. The standard InChI is InChI=1S/C22H28N4O2/c27-21(17-4-5-17)25-11-6-16(7-12-25)18-8-13-26-20(14-18)19(15-23-26)22(28)24-9-2-1-3-10-24/h8,13-17H,1-7,9-12H2. The highest BCUT2D eigenvalue weighted by molar-refractivity contribution is 6.00. The summed E-state index contributed by atoms with van der Waals surface area (Å²) in [5.41, 5.74) is 2.88. The van der Waals surface area contributed by atoms with Crippen LogP contribution in [0.15, 0.2) is 24.5 Å². The summed E-state index contributed by atoms with van der Waals surface area (Å²) in [6.07, 6.45) is 11.2. The molecular formula is C22H28N4O2. The van der Waals surface area contributed by atoms with E-state index in [2.05, 4.69) is 22.1 Å². The number of hydrogen-bond donors (Lipinski definition) is 0. The largest absolute Gasteiger partial charge is 0.342 e. The molecule has 0 spiro atoms. The molecule has 6 nitrogen and oxygen atoms in total. The van der Waals surface area contributed by atoms with Gasteiger partial charge in [0.1, 0.15) is 0 Å². The number of pyridine rings is 1. The minimum absolute atomic E-state index is 0.108. The smallest absolute Gasteiger partial charge is 0.257 e. The number of fused-ring (bicyclic) bond motifs is 1. The third-order valence-corrected chi connectivity index (χ3v) is 6.62. The van der Waals surface area contributed by atoms with E-state index >= 15 is 0 Å². The molecule has 1 saturated carbocycles. The van der Waals surface area contributed by atoms with E-state index in [1.54, 1.807) is 6.20 Å². The second kappa shape index (κ2) is 7.22. The molecule has 2 saturated heterocycles. The van der Waals surface area contributed by atoms with Crippen LogP contribution in [0, 0.1) is 5.92 Å². The van der Waals surface area contributed by atoms with E-state index in [0.717, 1.165) is 70.2 Å². The molecule has 6 heteroatoms. The average molecular weight is 380 g/mol. The van der Waals surface area contributed by atoms with Crippen molar-refractivity contribution in [2.45, 2.75) is 50.9 Å². The number of amides is 2. The van der Waals surface area contributed by atoms with Gasteiger partial charge in [-0.15, -0.1) is 0 Å². The van der Waals surface area contributed by atoms with Crippen LogP contribution in [0.25, 0.3) is 5.52 Å². The Balaban J connectivity index is 1.33. The van der Waals surface area contributed by atoms with Crippen LogP contribution in [-0.2, 0) is 4.79 Å².